The van der Waals surface area contributed by atoms with Gasteiger partial charge in [0, 0.05) is 19.8 Å². The fourth-order valence-electron chi connectivity index (χ4n) is 1.08. The van der Waals surface area contributed by atoms with Crippen LogP contribution in [0.4, 0.5) is 0 Å². The van der Waals surface area contributed by atoms with Crippen molar-refractivity contribution in [3.8, 4) is 0 Å². The Balaban J connectivity index is 0.000001000. The van der Waals surface area contributed by atoms with E-state index in [9.17, 15) is 0 Å². The van der Waals surface area contributed by atoms with Gasteiger partial charge >= 0.3 is 0 Å². The molecule has 1 atom stereocenters. The SMILES string of the molecule is Cl.OCCCO[C@H]1CCNC1. The first-order chi connectivity index (χ1) is 4.93. The summed E-state index contributed by atoms with van der Waals surface area (Å²) in [5.41, 5.74) is 0. The van der Waals surface area contributed by atoms with E-state index in [-0.39, 0.29) is 19.0 Å². The van der Waals surface area contributed by atoms with Gasteiger partial charge in [-0.1, -0.05) is 0 Å². The van der Waals surface area contributed by atoms with E-state index in [1.54, 1.807) is 0 Å². The van der Waals surface area contributed by atoms with E-state index in [1.165, 1.54) is 0 Å². The zero-order valence-electron chi connectivity index (χ0n) is 6.58. The highest BCUT2D eigenvalue weighted by molar-refractivity contribution is 5.85. The molecule has 68 valence electrons. The topological polar surface area (TPSA) is 41.5 Å². The van der Waals surface area contributed by atoms with Crippen LogP contribution in [0, 0.1) is 0 Å². The van der Waals surface area contributed by atoms with E-state index >= 15 is 0 Å². The number of rotatable bonds is 4. The molecule has 1 heterocycles. The molecule has 0 aliphatic carbocycles. The molecule has 0 aromatic carbocycles. The van der Waals surface area contributed by atoms with E-state index in [4.69, 9.17) is 9.84 Å². The molecule has 0 unspecified atom stereocenters. The summed E-state index contributed by atoms with van der Waals surface area (Å²) < 4.78 is 5.42. The lowest BCUT2D eigenvalue weighted by Gasteiger charge is -2.08. The molecule has 1 saturated heterocycles. The van der Waals surface area contributed by atoms with Crippen LogP contribution >= 0.6 is 12.4 Å². The van der Waals surface area contributed by atoms with Crippen molar-refractivity contribution in [3.63, 3.8) is 0 Å². The Morgan fingerprint density at radius 2 is 2.36 bits per heavy atom. The van der Waals surface area contributed by atoms with Crippen molar-refractivity contribution in [2.24, 2.45) is 0 Å². The Kier molecular flexibility index (Phi) is 6.96. The summed E-state index contributed by atoms with van der Waals surface area (Å²) in [5, 5.41) is 11.7. The summed E-state index contributed by atoms with van der Waals surface area (Å²) in [6, 6.07) is 0. The van der Waals surface area contributed by atoms with Crippen LogP contribution in [0.5, 0.6) is 0 Å². The van der Waals surface area contributed by atoms with E-state index in [0.29, 0.717) is 12.7 Å². The first-order valence-electron chi connectivity index (χ1n) is 3.86. The van der Waals surface area contributed by atoms with Crippen molar-refractivity contribution >= 4 is 12.4 Å². The average molecular weight is 182 g/mol. The van der Waals surface area contributed by atoms with E-state index in [1.807, 2.05) is 0 Å². The molecule has 4 heteroatoms. The molecule has 1 aliphatic rings. The van der Waals surface area contributed by atoms with Crippen LogP contribution in [-0.2, 0) is 4.74 Å². The van der Waals surface area contributed by atoms with Gasteiger partial charge in [0.05, 0.1) is 6.10 Å². The zero-order chi connectivity index (χ0) is 7.23. The number of ether oxygens (including phenoxy) is 1. The van der Waals surface area contributed by atoms with Gasteiger partial charge in [-0.05, 0) is 19.4 Å². The second kappa shape index (κ2) is 6.85. The molecule has 0 saturated carbocycles. The number of aliphatic hydroxyl groups excluding tert-OH is 1. The molecule has 0 bridgehead atoms. The van der Waals surface area contributed by atoms with E-state index in [2.05, 4.69) is 5.32 Å². The van der Waals surface area contributed by atoms with Crippen LogP contribution in [0.1, 0.15) is 12.8 Å². The third-order valence-electron chi connectivity index (χ3n) is 1.67. The Morgan fingerprint density at radius 3 is 2.91 bits per heavy atom. The molecule has 0 spiro atoms. The second-order valence-electron chi connectivity index (χ2n) is 2.56. The summed E-state index contributed by atoms with van der Waals surface area (Å²) in [5.74, 6) is 0. The molecule has 0 radical (unpaired) electrons. The second-order valence-corrected chi connectivity index (χ2v) is 2.56. The Labute approximate surface area is 73.5 Å². The highest BCUT2D eigenvalue weighted by atomic mass is 35.5. The Morgan fingerprint density at radius 1 is 1.55 bits per heavy atom. The van der Waals surface area contributed by atoms with Crippen molar-refractivity contribution in [3.05, 3.63) is 0 Å². The van der Waals surface area contributed by atoms with Crippen LogP contribution in [0.25, 0.3) is 0 Å². The van der Waals surface area contributed by atoms with Crippen molar-refractivity contribution in [2.75, 3.05) is 26.3 Å². The summed E-state index contributed by atoms with van der Waals surface area (Å²) in [6.45, 7) is 2.98. The molecule has 0 aromatic rings. The largest absolute Gasteiger partial charge is 0.396 e. The van der Waals surface area contributed by atoms with Gasteiger partial charge in [-0.2, -0.15) is 0 Å². The minimum atomic E-state index is 0. The standard InChI is InChI=1S/C7H15NO2.ClH/c9-4-1-5-10-7-2-3-8-6-7;/h7-9H,1-6H2;1H/t7-;/m0./s1. The fourth-order valence-corrected chi connectivity index (χ4v) is 1.08. The molecule has 11 heavy (non-hydrogen) atoms. The fraction of sp³-hybridized carbons (Fsp3) is 1.00. The third-order valence-corrected chi connectivity index (χ3v) is 1.67. The molecule has 1 rings (SSSR count). The highest BCUT2D eigenvalue weighted by Gasteiger charge is 2.13. The van der Waals surface area contributed by atoms with Gasteiger partial charge in [0.1, 0.15) is 0 Å². The van der Waals surface area contributed by atoms with Crippen LogP contribution in [0.15, 0.2) is 0 Å². The van der Waals surface area contributed by atoms with Crippen molar-refractivity contribution < 1.29 is 9.84 Å². The molecule has 2 N–H and O–H groups in total. The zero-order valence-corrected chi connectivity index (χ0v) is 7.40. The minimum absolute atomic E-state index is 0. The summed E-state index contributed by atoms with van der Waals surface area (Å²) in [4.78, 5) is 0. The maximum Gasteiger partial charge on any atom is 0.0711 e. The maximum atomic E-state index is 8.44. The molecular weight excluding hydrogens is 166 g/mol. The Hall–Kier alpha value is 0.170. The molecule has 3 nitrogen and oxygen atoms in total. The van der Waals surface area contributed by atoms with Gasteiger partial charge in [0.25, 0.3) is 0 Å². The number of hydrogen-bond donors (Lipinski definition) is 2. The van der Waals surface area contributed by atoms with Crippen molar-refractivity contribution in [2.45, 2.75) is 18.9 Å². The maximum absolute atomic E-state index is 8.44. The summed E-state index contributed by atoms with van der Waals surface area (Å²) in [6.07, 6.45) is 2.27. The number of aliphatic hydroxyl groups is 1. The average Bonchev–Trinajstić information content (AvgIpc) is 2.41. The summed E-state index contributed by atoms with van der Waals surface area (Å²) >= 11 is 0. The quantitative estimate of drug-likeness (QED) is 0.608. The first-order valence-corrected chi connectivity index (χ1v) is 3.86. The van der Waals surface area contributed by atoms with Crippen LogP contribution in [-0.4, -0.2) is 37.5 Å². The van der Waals surface area contributed by atoms with Crippen LogP contribution in [0.3, 0.4) is 0 Å². The van der Waals surface area contributed by atoms with Crippen LogP contribution in [0.2, 0.25) is 0 Å². The molecule has 1 aliphatic heterocycles. The normalized spacial score (nSPS) is 23.2. The first kappa shape index (κ1) is 11.2. The Bertz CT molecular complexity index is 86.5. The predicted molar refractivity (Wildman–Crippen MR) is 46.2 cm³/mol. The summed E-state index contributed by atoms with van der Waals surface area (Å²) in [7, 11) is 0. The van der Waals surface area contributed by atoms with Gasteiger partial charge in [-0.3, -0.25) is 0 Å². The highest BCUT2D eigenvalue weighted by Crippen LogP contribution is 2.02. The molecular formula is C7H16ClNO2. The van der Waals surface area contributed by atoms with Gasteiger partial charge in [0.15, 0.2) is 0 Å². The number of halogens is 1. The number of hydrogen-bond acceptors (Lipinski definition) is 3. The third kappa shape index (κ3) is 4.58. The lowest BCUT2D eigenvalue weighted by molar-refractivity contribution is 0.0568. The predicted octanol–water partition coefficient (Wildman–Crippen LogP) is 0.169. The monoisotopic (exact) mass is 181 g/mol. The van der Waals surface area contributed by atoms with E-state index in [0.717, 1.165) is 25.9 Å². The van der Waals surface area contributed by atoms with E-state index < -0.39 is 0 Å². The molecule has 1 fully saturated rings. The van der Waals surface area contributed by atoms with Gasteiger partial charge in [-0.25, -0.2) is 0 Å². The lowest BCUT2D eigenvalue weighted by Crippen LogP contribution is -2.17. The molecule has 0 aromatic heterocycles. The lowest BCUT2D eigenvalue weighted by atomic mass is 10.3. The smallest absolute Gasteiger partial charge is 0.0711 e. The minimum Gasteiger partial charge on any atom is -0.396 e. The van der Waals surface area contributed by atoms with Gasteiger partial charge in [-0.15, -0.1) is 12.4 Å². The van der Waals surface area contributed by atoms with Crippen LogP contribution < -0.4 is 5.32 Å². The number of nitrogens with one attached hydrogen (secondary N) is 1. The van der Waals surface area contributed by atoms with Gasteiger partial charge in [0.2, 0.25) is 0 Å². The molecule has 0 amide bonds. The van der Waals surface area contributed by atoms with Crippen molar-refractivity contribution in [1.29, 1.82) is 0 Å². The van der Waals surface area contributed by atoms with Crippen molar-refractivity contribution in [1.82, 2.24) is 5.32 Å². The van der Waals surface area contributed by atoms with Gasteiger partial charge < -0.3 is 15.2 Å².